The van der Waals surface area contributed by atoms with E-state index < -0.39 is 0 Å². The van der Waals surface area contributed by atoms with Crippen molar-refractivity contribution >= 4 is 33.3 Å². The van der Waals surface area contributed by atoms with Crippen molar-refractivity contribution in [1.29, 1.82) is 0 Å². The molecule has 1 aromatic heterocycles. The zero-order chi connectivity index (χ0) is 10.1. The van der Waals surface area contributed by atoms with Crippen LogP contribution in [0.25, 0.3) is 5.69 Å². The molecule has 0 atom stereocenters. The summed E-state index contributed by atoms with van der Waals surface area (Å²) in [4.78, 5) is 0. The Hall–Kier alpha value is -1.000. The quantitative estimate of drug-likeness (QED) is 0.867. The van der Waals surface area contributed by atoms with Crippen molar-refractivity contribution in [3.63, 3.8) is 0 Å². The van der Waals surface area contributed by atoms with Crippen molar-refractivity contribution in [1.82, 2.24) is 9.78 Å². The van der Waals surface area contributed by atoms with Gasteiger partial charge >= 0.3 is 0 Å². The maximum Gasteiger partial charge on any atom is 0.146 e. The fraction of sp³-hybridized carbons (Fsp3) is 0. The van der Waals surface area contributed by atoms with E-state index in [0.29, 0.717) is 10.8 Å². The van der Waals surface area contributed by atoms with Crippen molar-refractivity contribution in [3.05, 3.63) is 40.0 Å². The highest BCUT2D eigenvalue weighted by Gasteiger charge is 2.05. The summed E-state index contributed by atoms with van der Waals surface area (Å²) in [5.74, 6) is 0.453. The van der Waals surface area contributed by atoms with Gasteiger partial charge in [0.2, 0.25) is 0 Å². The molecule has 2 aromatic rings. The third-order valence-electron chi connectivity index (χ3n) is 1.83. The van der Waals surface area contributed by atoms with Gasteiger partial charge in [0, 0.05) is 4.47 Å². The molecule has 2 N–H and O–H groups in total. The number of nitrogens with zero attached hydrogens (tertiary/aromatic N) is 2. The standard InChI is InChI=1S/C9H7BrClN3/c10-6-1-3-7(4-2-6)14-9(12)8(11)5-13-14/h1-5H,12H2. The first-order valence-electron chi connectivity index (χ1n) is 3.93. The Balaban J connectivity index is 2.49. The molecule has 0 bridgehead atoms. The van der Waals surface area contributed by atoms with Crippen molar-refractivity contribution < 1.29 is 0 Å². The van der Waals surface area contributed by atoms with Crippen LogP contribution in [0.4, 0.5) is 5.82 Å². The van der Waals surface area contributed by atoms with Crippen molar-refractivity contribution in [2.24, 2.45) is 0 Å². The highest BCUT2D eigenvalue weighted by Crippen LogP contribution is 2.22. The monoisotopic (exact) mass is 271 g/mol. The zero-order valence-corrected chi connectivity index (χ0v) is 9.46. The number of hydrogen-bond donors (Lipinski definition) is 1. The van der Waals surface area contributed by atoms with Crippen LogP contribution in [0.2, 0.25) is 5.02 Å². The van der Waals surface area contributed by atoms with Gasteiger partial charge in [-0.3, -0.25) is 0 Å². The molecule has 0 aliphatic rings. The second-order valence-electron chi connectivity index (χ2n) is 2.77. The summed E-state index contributed by atoms with van der Waals surface area (Å²) in [6.07, 6.45) is 1.53. The molecular weight excluding hydrogens is 265 g/mol. The molecule has 72 valence electrons. The number of aromatic nitrogens is 2. The van der Waals surface area contributed by atoms with E-state index in [9.17, 15) is 0 Å². The second-order valence-corrected chi connectivity index (χ2v) is 4.09. The van der Waals surface area contributed by atoms with Gasteiger partial charge < -0.3 is 5.73 Å². The molecule has 1 heterocycles. The number of hydrogen-bond acceptors (Lipinski definition) is 2. The highest BCUT2D eigenvalue weighted by atomic mass is 79.9. The van der Waals surface area contributed by atoms with E-state index in [1.807, 2.05) is 24.3 Å². The van der Waals surface area contributed by atoms with E-state index in [-0.39, 0.29) is 0 Å². The summed E-state index contributed by atoms with van der Waals surface area (Å²) >= 11 is 9.15. The SMILES string of the molecule is Nc1c(Cl)cnn1-c1ccc(Br)cc1. The van der Waals surface area contributed by atoms with Crippen molar-refractivity contribution in [3.8, 4) is 5.69 Å². The Morgan fingerprint density at radius 2 is 1.93 bits per heavy atom. The van der Waals surface area contributed by atoms with Gasteiger partial charge in [-0.1, -0.05) is 27.5 Å². The summed E-state index contributed by atoms with van der Waals surface area (Å²) in [7, 11) is 0. The minimum Gasteiger partial charge on any atom is -0.382 e. The summed E-state index contributed by atoms with van der Waals surface area (Å²) in [5, 5.41) is 4.53. The molecule has 0 unspecified atom stereocenters. The molecule has 1 aromatic carbocycles. The summed E-state index contributed by atoms with van der Waals surface area (Å²) in [5.41, 5.74) is 6.62. The molecule has 5 heteroatoms. The van der Waals surface area contributed by atoms with Crippen molar-refractivity contribution in [2.45, 2.75) is 0 Å². The molecule has 0 radical (unpaired) electrons. The molecule has 14 heavy (non-hydrogen) atoms. The van der Waals surface area contributed by atoms with Gasteiger partial charge in [-0.2, -0.15) is 5.10 Å². The first-order chi connectivity index (χ1) is 6.68. The van der Waals surface area contributed by atoms with E-state index in [1.54, 1.807) is 4.68 Å². The van der Waals surface area contributed by atoms with Crippen LogP contribution in [-0.2, 0) is 0 Å². The Morgan fingerprint density at radius 3 is 2.43 bits per heavy atom. The first kappa shape index (κ1) is 9.55. The molecule has 0 aliphatic carbocycles. The molecule has 0 aliphatic heterocycles. The Bertz CT molecular complexity index is 450. The minimum absolute atomic E-state index is 0.453. The third kappa shape index (κ3) is 1.63. The minimum atomic E-state index is 0.453. The fourth-order valence-electron chi connectivity index (χ4n) is 1.13. The Labute approximate surface area is 94.6 Å². The number of rotatable bonds is 1. The third-order valence-corrected chi connectivity index (χ3v) is 2.65. The maximum absolute atomic E-state index is 5.79. The number of anilines is 1. The van der Waals surface area contributed by atoms with Crippen LogP contribution < -0.4 is 5.73 Å². The van der Waals surface area contributed by atoms with E-state index in [1.165, 1.54) is 6.20 Å². The van der Waals surface area contributed by atoms with Crippen LogP contribution in [0, 0.1) is 0 Å². The van der Waals surface area contributed by atoms with Crippen LogP contribution in [0.1, 0.15) is 0 Å². The van der Waals surface area contributed by atoms with Gasteiger partial charge in [-0.05, 0) is 24.3 Å². The Morgan fingerprint density at radius 1 is 1.29 bits per heavy atom. The van der Waals surface area contributed by atoms with Gasteiger partial charge in [0.1, 0.15) is 10.8 Å². The lowest BCUT2D eigenvalue weighted by molar-refractivity contribution is 0.891. The van der Waals surface area contributed by atoms with Crippen LogP contribution in [-0.4, -0.2) is 9.78 Å². The topological polar surface area (TPSA) is 43.8 Å². The first-order valence-corrected chi connectivity index (χ1v) is 5.10. The van der Waals surface area contributed by atoms with E-state index >= 15 is 0 Å². The lowest BCUT2D eigenvalue weighted by atomic mass is 10.3. The van der Waals surface area contributed by atoms with Crippen LogP contribution in [0.15, 0.2) is 34.9 Å². The number of nitrogens with two attached hydrogens (primary N) is 1. The normalized spacial score (nSPS) is 10.4. The lowest BCUT2D eigenvalue weighted by Crippen LogP contribution is -2.01. The molecule has 0 saturated heterocycles. The van der Waals surface area contributed by atoms with Gasteiger partial charge in [0.05, 0.1) is 11.9 Å². The summed E-state index contributed by atoms with van der Waals surface area (Å²) in [6.45, 7) is 0. The summed E-state index contributed by atoms with van der Waals surface area (Å²) in [6, 6.07) is 7.66. The number of benzene rings is 1. The average molecular weight is 273 g/mol. The summed E-state index contributed by atoms with van der Waals surface area (Å²) < 4.78 is 2.60. The number of halogens is 2. The Kier molecular flexibility index (Phi) is 2.48. The van der Waals surface area contributed by atoms with Gasteiger partial charge in [-0.25, -0.2) is 4.68 Å². The highest BCUT2D eigenvalue weighted by molar-refractivity contribution is 9.10. The smallest absolute Gasteiger partial charge is 0.146 e. The molecule has 0 saturated carbocycles. The molecule has 2 rings (SSSR count). The predicted molar refractivity (Wildman–Crippen MR) is 60.7 cm³/mol. The van der Waals surface area contributed by atoms with E-state index in [0.717, 1.165) is 10.2 Å². The van der Waals surface area contributed by atoms with E-state index in [2.05, 4.69) is 21.0 Å². The number of nitrogen functional groups attached to an aromatic ring is 1. The van der Waals surface area contributed by atoms with Gasteiger partial charge in [0.15, 0.2) is 0 Å². The van der Waals surface area contributed by atoms with Crippen molar-refractivity contribution in [2.75, 3.05) is 5.73 Å². The second kappa shape index (κ2) is 3.63. The van der Waals surface area contributed by atoms with Gasteiger partial charge in [-0.15, -0.1) is 0 Å². The molecule has 0 fully saturated rings. The van der Waals surface area contributed by atoms with E-state index in [4.69, 9.17) is 17.3 Å². The molecule has 3 nitrogen and oxygen atoms in total. The van der Waals surface area contributed by atoms with Crippen LogP contribution in [0.5, 0.6) is 0 Å². The maximum atomic E-state index is 5.79. The average Bonchev–Trinajstić information content (AvgIpc) is 2.50. The fourth-order valence-corrected chi connectivity index (χ4v) is 1.51. The van der Waals surface area contributed by atoms with Crippen LogP contribution in [0.3, 0.4) is 0 Å². The molecule has 0 amide bonds. The predicted octanol–water partition coefficient (Wildman–Crippen LogP) is 2.87. The zero-order valence-electron chi connectivity index (χ0n) is 7.11. The van der Waals surface area contributed by atoms with Gasteiger partial charge in [0.25, 0.3) is 0 Å². The molecular formula is C9H7BrClN3. The lowest BCUT2D eigenvalue weighted by Gasteiger charge is -2.03. The van der Waals surface area contributed by atoms with Crippen LogP contribution >= 0.6 is 27.5 Å². The molecule has 0 spiro atoms. The largest absolute Gasteiger partial charge is 0.382 e.